The molecule has 0 fully saturated rings. The summed E-state index contributed by atoms with van der Waals surface area (Å²) in [6.45, 7) is 7.84. The first-order chi connectivity index (χ1) is 29.6. The Morgan fingerprint density at radius 3 is 1.02 bits per heavy atom. The maximum absolute atomic E-state index is 12.7. The van der Waals surface area contributed by atoms with Crippen molar-refractivity contribution >= 4 is 11.9 Å². The van der Waals surface area contributed by atoms with Crippen molar-refractivity contribution in [1.29, 1.82) is 0 Å². The second kappa shape index (κ2) is 51.7. The van der Waals surface area contributed by atoms with Crippen LogP contribution in [0, 0.1) is 0 Å². The SMILES string of the molecule is CCCCCCCC/C=C\CCCCCCCCCCCCOCC(COC(=O)CCCCCCC/C=C\CCCCCCCC)OC(=O)CCCCCCCCCCC. The molecule has 60 heavy (non-hydrogen) atoms. The second-order valence-corrected chi connectivity index (χ2v) is 18.1. The van der Waals surface area contributed by atoms with Gasteiger partial charge in [-0.3, -0.25) is 9.59 Å². The van der Waals surface area contributed by atoms with Gasteiger partial charge in [0.05, 0.1) is 6.61 Å². The van der Waals surface area contributed by atoms with E-state index < -0.39 is 6.10 Å². The molecule has 0 saturated heterocycles. The Labute approximate surface area is 375 Å². The Hall–Kier alpha value is -1.62. The van der Waals surface area contributed by atoms with E-state index in [1.165, 1.54) is 212 Å². The first kappa shape index (κ1) is 58.4. The van der Waals surface area contributed by atoms with Crippen LogP contribution in [0.1, 0.15) is 290 Å². The molecular formula is C55H104O5. The molecular weight excluding hydrogens is 741 g/mol. The van der Waals surface area contributed by atoms with Gasteiger partial charge < -0.3 is 14.2 Å². The van der Waals surface area contributed by atoms with Gasteiger partial charge in [0, 0.05) is 19.4 Å². The van der Waals surface area contributed by atoms with E-state index in [-0.39, 0.29) is 18.5 Å². The largest absolute Gasteiger partial charge is 0.462 e. The Balaban J connectivity index is 4.13. The molecule has 0 aromatic heterocycles. The van der Waals surface area contributed by atoms with Gasteiger partial charge in [-0.25, -0.2) is 0 Å². The molecule has 0 amide bonds. The molecule has 5 heteroatoms. The average molecular weight is 845 g/mol. The second-order valence-electron chi connectivity index (χ2n) is 18.1. The summed E-state index contributed by atoms with van der Waals surface area (Å²) >= 11 is 0. The number of allylic oxidation sites excluding steroid dienone is 4. The zero-order chi connectivity index (χ0) is 43.5. The van der Waals surface area contributed by atoms with Gasteiger partial charge in [0.2, 0.25) is 0 Å². The predicted octanol–water partition coefficient (Wildman–Crippen LogP) is 18.0. The summed E-state index contributed by atoms with van der Waals surface area (Å²) in [5.74, 6) is -0.394. The number of unbranched alkanes of at least 4 members (excludes halogenated alkanes) is 35. The van der Waals surface area contributed by atoms with E-state index >= 15 is 0 Å². The lowest BCUT2D eigenvalue weighted by molar-refractivity contribution is -0.163. The quantitative estimate of drug-likeness (QED) is 0.0347. The highest BCUT2D eigenvalue weighted by molar-refractivity contribution is 5.70. The number of hydrogen-bond acceptors (Lipinski definition) is 5. The van der Waals surface area contributed by atoms with E-state index in [4.69, 9.17) is 14.2 Å². The van der Waals surface area contributed by atoms with Crippen LogP contribution in [0.4, 0.5) is 0 Å². The third-order valence-electron chi connectivity index (χ3n) is 12.0. The number of rotatable bonds is 50. The van der Waals surface area contributed by atoms with Gasteiger partial charge in [-0.05, 0) is 70.6 Å². The van der Waals surface area contributed by atoms with E-state index in [2.05, 4.69) is 45.1 Å². The fourth-order valence-corrected chi connectivity index (χ4v) is 7.91. The van der Waals surface area contributed by atoms with Crippen molar-refractivity contribution < 1.29 is 23.8 Å². The zero-order valence-electron chi connectivity index (χ0n) is 40.7. The van der Waals surface area contributed by atoms with E-state index in [0.29, 0.717) is 26.1 Å². The number of esters is 2. The van der Waals surface area contributed by atoms with Gasteiger partial charge in [-0.15, -0.1) is 0 Å². The first-order valence-corrected chi connectivity index (χ1v) is 26.9. The van der Waals surface area contributed by atoms with Crippen molar-refractivity contribution in [1.82, 2.24) is 0 Å². The predicted molar refractivity (Wildman–Crippen MR) is 261 cm³/mol. The van der Waals surface area contributed by atoms with Crippen LogP contribution in [0.3, 0.4) is 0 Å². The van der Waals surface area contributed by atoms with Crippen molar-refractivity contribution in [2.45, 2.75) is 297 Å². The van der Waals surface area contributed by atoms with Gasteiger partial charge in [-0.1, -0.05) is 231 Å². The topological polar surface area (TPSA) is 61.8 Å². The summed E-state index contributed by atoms with van der Waals surface area (Å²) in [6.07, 6.45) is 60.5. The van der Waals surface area contributed by atoms with Crippen LogP contribution in [-0.2, 0) is 23.8 Å². The van der Waals surface area contributed by atoms with Crippen molar-refractivity contribution in [3.63, 3.8) is 0 Å². The highest BCUT2D eigenvalue weighted by atomic mass is 16.6. The highest BCUT2D eigenvalue weighted by Crippen LogP contribution is 2.15. The number of carbonyl (C=O) groups is 2. The van der Waals surface area contributed by atoms with Crippen LogP contribution in [0.5, 0.6) is 0 Å². The molecule has 0 saturated carbocycles. The minimum absolute atomic E-state index is 0.0867. The van der Waals surface area contributed by atoms with Gasteiger partial charge in [0.1, 0.15) is 6.61 Å². The van der Waals surface area contributed by atoms with Crippen LogP contribution < -0.4 is 0 Å². The molecule has 0 spiro atoms. The maximum Gasteiger partial charge on any atom is 0.306 e. The van der Waals surface area contributed by atoms with Gasteiger partial charge in [0.25, 0.3) is 0 Å². The molecule has 0 heterocycles. The lowest BCUT2D eigenvalue weighted by atomic mass is 10.1. The maximum atomic E-state index is 12.7. The van der Waals surface area contributed by atoms with Crippen molar-refractivity contribution in [3.8, 4) is 0 Å². The third-order valence-corrected chi connectivity index (χ3v) is 12.0. The monoisotopic (exact) mass is 845 g/mol. The molecule has 0 aliphatic heterocycles. The first-order valence-electron chi connectivity index (χ1n) is 26.9. The van der Waals surface area contributed by atoms with E-state index in [9.17, 15) is 9.59 Å². The van der Waals surface area contributed by atoms with E-state index in [1.807, 2.05) is 0 Å². The van der Waals surface area contributed by atoms with Crippen molar-refractivity contribution in [2.75, 3.05) is 19.8 Å². The Kier molecular flexibility index (Phi) is 50.3. The summed E-state index contributed by atoms with van der Waals surface area (Å²) in [4.78, 5) is 25.3. The van der Waals surface area contributed by atoms with Gasteiger partial charge >= 0.3 is 11.9 Å². The molecule has 0 rings (SSSR count). The summed E-state index contributed by atoms with van der Waals surface area (Å²) < 4.78 is 17.4. The molecule has 0 aliphatic carbocycles. The van der Waals surface area contributed by atoms with Gasteiger partial charge in [0.15, 0.2) is 6.10 Å². The summed E-state index contributed by atoms with van der Waals surface area (Å²) in [5.41, 5.74) is 0. The molecule has 0 aliphatic rings. The molecule has 0 N–H and O–H groups in total. The van der Waals surface area contributed by atoms with Crippen molar-refractivity contribution in [3.05, 3.63) is 24.3 Å². The molecule has 1 atom stereocenters. The standard InChI is InChI=1S/C55H104O5/c1-4-7-10-13-16-19-21-23-25-26-27-28-29-31-33-35-38-41-44-47-50-58-51-53(60-55(57)49-46-43-40-36-18-15-12-9-6-3)52-59-54(56)48-45-42-39-37-34-32-30-24-22-20-17-14-11-8-5-2/h23-25,30,53H,4-22,26-29,31-52H2,1-3H3/b25-23-,30-24-. The number of carbonyl (C=O) groups excluding carboxylic acids is 2. The smallest absolute Gasteiger partial charge is 0.306 e. The van der Waals surface area contributed by atoms with Crippen LogP contribution in [-0.4, -0.2) is 37.9 Å². The van der Waals surface area contributed by atoms with Crippen LogP contribution in [0.25, 0.3) is 0 Å². The molecule has 5 nitrogen and oxygen atoms in total. The Morgan fingerprint density at radius 2 is 0.650 bits per heavy atom. The molecule has 1 unspecified atom stereocenters. The summed E-state index contributed by atoms with van der Waals surface area (Å²) in [5, 5.41) is 0. The molecule has 0 aromatic carbocycles. The Morgan fingerprint density at radius 1 is 0.350 bits per heavy atom. The minimum Gasteiger partial charge on any atom is -0.462 e. The third kappa shape index (κ3) is 49.0. The average Bonchev–Trinajstić information content (AvgIpc) is 3.25. The number of hydrogen-bond donors (Lipinski definition) is 0. The highest BCUT2D eigenvalue weighted by Gasteiger charge is 2.17. The summed E-state index contributed by atoms with van der Waals surface area (Å²) in [6, 6.07) is 0. The fourth-order valence-electron chi connectivity index (χ4n) is 7.91. The molecule has 0 bridgehead atoms. The minimum atomic E-state index is -0.532. The lowest BCUT2D eigenvalue weighted by Gasteiger charge is -2.18. The molecule has 0 aromatic rings. The van der Waals surface area contributed by atoms with Crippen LogP contribution in [0.2, 0.25) is 0 Å². The van der Waals surface area contributed by atoms with Crippen LogP contribution in [0.15, 0.2) is 24.3 Å². The summed E-state index contributed by atoms with van der Waals surface area (Å²) in [7, 11) is 0. The van der Waals surface area contributed by atoms with E-state index in [0.717, 1.165) is 44.9 Å². The van der Waals surface area contributed by atoms with Crippen molar-refractivity contribution in [2.24, 2.45) is 0 Å². The lowest BCUT2D eigenvalue weighted by Crippen LogP contribution is -2.30. The number of ether oxygens (including phenoxy) is 3. The molecule has 0 radical (unpaired) electrons. The normalized spacial score (nSPS) is 12.2. The van der Waals surface area contributed by atoms with E-state index in [1.54, 1.807) is 0 Å². The Bertz CT molecular complexity index is 913. The fraction of sp³-hybridized carbons (Fsp3) is 0.891. The van der Waals surface area contributed by atoms with Crippen LogP contribution >= 0.6 is 0 Å². The zero-order valence-corrected chi connectivity index (χ0v) is 40.7. The molecule has 354 valence electrons. The van der Waals surface area contributed by atoms with Gasteiger partial charge in [-0.2, -0.15) is 0 Å².